The number of rotatable bonds is 4. The van der Waals surface area contributed by atoms with Crippen molar-refractivity contribution in [1.82, 2.24) is 0 Å². The second-order valence-corrected chi connectivity index (χ2v) is 7.15. The van der Waals surface area contributed by atoms with E-state index in [2.05, 4.69) is 6.92 Å². The third kappa shape index (κ3) is 3.78. The summed E-state index contributed by atoms with van der Waals surface area (Å²) >= 11 is 0. The summed E-state index contributed by atoms with van der Waals surface area (Å²) in [5.41, 5.74) is 8.14. The Hall–Kier alpha value is -1.88. The van der Waals surface area contributed by atoms with E-state index in [0.29, 0.717) is 17.4 Å². The van der Waals surface area contributed by atoms with Gasteiger partial charge in [-0.2, -0.15) is 0 Å². The van der Waals surface area contributed by atoms with Crippen LogP contribution in [-0.2, 0) is 16.0 Å². The number of fused-ring (bicyclic) bond motifs is 1. The number of ether oxygens (including phenoxy) is 2. The lowest BCUT2D eigenvalue weighted by Gasteiger charge is -2.30. The molecule has 2 rings (SSSR count). The molecule has 1 aliphatic carbocycles. The standard InChI is InChI=1S/C19H27NO4/c1-10(2)18(21)23-15-9-8-13-14(7-6-12(5)16(13)20)17(15)24-19(22)11(3)4/h8-12,16H,6-7,20H2,1-5H3. The number of hydrogen-bond acceptors (Lipinski definition) is 5. The van der Waals surface area contributed by atoms with Gasteiger partial charge in [0.15, 0.2) is 11.5 Å². The van der Waals surface area contributed by atoms with E-state index < -0.39 is 0 Å². The van der Waals surface area contributed by atoms with Crippen LogP contribution < -0.4 is 15.2 Å². The third-order valence-corrected chi connectivity index (χ3v) is 4.44. The molecule has 0 heterocycles. The summed E-state index contributed by atoms with van der Waals surface area (Å²) in [6.07, 6.45) is 1.65. The molecule has 132 valence electrons. The van der Waals surface area contributed by atoms with Gasteiger partial charge in [-0.1, -0.05) is 40.7 Å². The van der Waals surface area contributed by atoms with Crippen LogP contribution in [0.1, 0.15) is 58.2 Å². The summed E-state index contributed by atoms with van der Waals surface area (Å²) in [6.45, 7) is 9.17. The SMILES string of the molecule is CC(C)C(=O)Oc1ccc2c(c1OC(=O)C(C)C)CCC(C)C2N. The van der Waals surface area contributed by atoms with E-state index in [4.69, 9.17) is 15.2 Å². The second-order valence-electron chi connectivity index (χ2n) is 7.15. The maximum Gasteiger partial charge on any atom is 0.313 e. The van der Waals surface area contributed by atoms with Gasteiger partial charge in [-0.15, -0.1) is 0 Å². The zero-order valence-electron chi connectivity index (χ0n) is 15.1. The molecule has 2 unspecified atom stereocenters. The Kier molecular flexibility index (Phi) is 5.65. The van der Waals surface area contributed by atoms with Crippen LogP contribution in [0.15, 0.2) is 12.1 Å². The molecule has 0 fully saturated rings. The molecule has 1 aromatic rings. The predicted molar refractivity (Wildman–Crippen MR) is 91.8 cm³/mol. The van der Waals surface area contributed by atoms with Crippen molar-refractivity contribution in [2.24, 2.45) is 23.5 Å². The van der Waals surface area contributed by atoms with Gasteiger partial charge in [0.25, 0.3) is 0 Å². The molecule has 2 N–H and O–H groups in total. The molecular weight excluding hydrogens is 306 g/mol. The van der Waals surface area contributed by atoms with Crippen molar-refractivity contribution >= 4 is 11.9 Å². The molecule has 5 nitrogen and oxygen atoms in total. The first-order valence-electron chi connectivity index (χ1n) is 8.57. The molecule has 0 radical (unpaired) electrons. The maximum atomic E-state index is 12.1. The minimum absolute atomic E-state index is 0.111. The van der Waals surface area contributed by atoms with Crippen LogP contribution in [0.2, 0.25) is 0 Å². The topological polar surface area (TPSA) is 78.6 Å². The van der Waals surface area contributed by atoms with Crippen LogP contribution in [0.5, 0.6) is 11.5 Å². The van der Waals surface area contributed by atoms with Crippen molar-refractivity contribution in [2.75, 3.05) is 0 Å². The molecule has 0 spiro atoms. The summed E-state index contributed by atoms with van der Waals surface area (Å²) in [6, 6.07) is 3.45. The quantitative estimate of drug-likeness (QED) is 0.675. The summed E-state index contributed by atoms with van der Waals surface area (Å²) in [7, 11) is 0. The average molecular weight is 333 g/mol. The Morgan fingerprint density at radius 3 is 2.25 bits per heavy atom. The number of carbonyl (C=O) groups excluding carboxylic acids is 2. The lowest BCUT2D eigenvalue weighted by molar-refractivity contribution is -0.140. The average Bonchev–Trinajstić information content (AvgIpc) is 2.52. The first kappa shape index (κ1) is 18.5. The number of esters is 2. The highest BCUT2D eigenvalue weighted by molar-refractivity contribution is 5.79. The van der Waals surface area contributed by atoms with Crippen LogP contribution >= 0.6 is 0 Å². The first-order valence-corrected chi connectivity index (χ1v) is 8.57. The molecule has 1 aliphatic rings. The van der Waals surface area contributed by atoms with Crippen LogP contribution in [0, 0.1) is 17.8 Å². The van der Waals surface area contributed by atoms with Gasteiger partial charge in [0.1, 0.15) is 0 Å². The van der Waals surface area contributed by atoms with Crippen molar-refractivity contribution in [3.63, 3.8) is 0 Å². The third-order valence-electron chi connectivity index (χ3n) is 4.44. The Bertz CT molecular complexity index is 636. The molecule has 0 saturated heterocycles. The Morgan fingerprint density at radius 1 is 1.08 bits per heavy atom. The molecule has 2 atom stereocenters. The van der Waals surface area contributed by atoms with Gasteiger partial charge in [0, 0.05) is 11.6 Å². The van der Waals surface area contributed by atoms with Gasteiger partial charge in [0.2, 0.25) is 0 Å². The molecule has 0 amide bonds. The lowest BCUT2D eigenvalue weighted by atomic mass is 9.80. The van der Waals surface area contributed by atoms with Gasteiger partial charge >= 0.3 is 11.9 Å². The molecule has 1 aromatic carbocycles. The Morgan fingerprint density at radius 2 is 1.67 bits per heavy atom. The Balaban J connectivity index is 2.47. The van der Waals surface area contributed by atoms with E-state index in [1.54, 1.807) is 33.8 Å². The van der Waals surface area contributed by atoms with E-state index in [9.17, 15) is 9.59 Å². The van der Waals surface area contributed by atoms with E-state index in [1.807, 2.05) is 6.07 Å². The summed E-state index contributed by atoms with van der Waals surface area (Å²) in [4.78, 5) is 24.1. The summed E-state index contributed by atoms with van der Waals surface area (Å²) < 4.78 is 11.1. The smallest absolute Gasteiger partial charge is 0.313 e. The largest absolute Gasteiger partial charge is 0.422 e. The minimum Gasteiger partial charge on any atom is -0.422 e. The normalized spacial score (nSPS) is 20.0. The lowest BCUT2D eigenvalue weighted by Crippen LogP contribution is -2.27. The second kappa shape index (κ2) is 7.34. The predicted octanol–water partition coefficient (Wildman–Crippen LogP) is 3.39. The van der Waals surface area contributed by atoms with Gasteiger partial charge in [-0.05, 0) is 30.4 Å². The highest BCUT2D eigenvalue weighted by atomic mass is 16.6. The number of carbonyl (C=O) groups is 2. The van der Waals surface area contributed by atoms with Crippen molar-refractivity contribution in [1.29, 1.82) is 0 Å². The number of hydrogen-bond donors (Lipinski definition) is 1. The van der Waals surface area contributed by atoms with Crippen molar-refractivity contribution < 1.29 is 19.1 Å². The van der Waals surface area contributed by atoms with Crippen molar-refractivity contribution in [2.45, 2.75) is 53.5 Å². The molecule has 5 heteroatoms. The van der Waals surface area contributed by atoms with E-state index >= 15 is 0 Å². The first-order chi connectivity index (χ1) is 11.2. The van der Waals surface area contributed by atoms with E-state index in [1.165, 1.54) is 0 Å². The van der Waals surface area contributed by atoms with Crippen LogP contribution in [0.3, 0.4) is 0 Å². The fraction of sp³-hybridized carbons (Fsp3) is 0.579. The highest BCUT2D eigenvalue weighted by Gasteiger charge is 2.30. The zero-order valence-corrected chi connectivity index (χ0v) is 15.1. The Labute approximate surface area is 143 Å². The monoisotopic (exact) mass is 333 g/mol. The molecular formula is C19H27NO4. The van der Waals surface area contributed by atoms with E-state index in [-0.39, 0.29) is 29.8 Å². The molecule has 24 heavy (non-hydrogen) atoms. The van der Waals surface area contributed by atoms with Gasteiger partial charge in [-0.3, -0.25) is 9.59 Å². The fourth-order valence-corrected chi connectivity index (χ4v) is 2.69. The molecule has 0 bridgehead atoms. The van der Waals surface area contributed by atoms with Gasteiger partial charge in [-0.25, -0.2) is 0 Å². The molecule has 0 aromatic heterocycles. The van der Waals surface area contributed by atoms with Gasteiger partial charge in [0.05, 0.1) is 11.8 Å². The van der Waals surface area contributed by atoms with Crippen LogP contribution in [-0.4, -0.2) is 11.9 Å². The summed E-state index contributed by atoms with van der Waals surface area (Å²) in [5, 5.41) is 0. The van der Waals surface area contributed by atoms with E-state index in [0.717, 1.165) is 24.0 Å². The van der Waals surface area contributed by atoms with Crippen LogP contribution in [0.25, 0.3) is 0 Å². The maximum absolute atomic E-state index is 12.1. The van der Waals surface area contributed by atoms with Crippen molar-refractivity contribution in [3.05, 3.63) is 23.3 Å². The summed E-state index contributed by atoms with van der Waals surface area (Å²) in [5.74, 6) is -0.244. The van der Waals surface area contributed by atoms with Gasteiger partial charge < -0.3 is 15.2 Å². The van der Waals surface area contributed by atoms with Crippen molar-refractivity contribution in [3.8, 4) is 11.5 Å². The molecule has 0 aliphatic heterocycles. The highest BCUT2D eigenvalue weighted by Crippen LogP contribution is 2.42. The zero-order chi connectivity index (χ0) is 18.0. The minimum atomic E-state index is -0.356. The van der Waals surface area contributed by atoms with Crippen LogP contribution in [0.4, 0.5) is 0 Å². The number of benzene rings is 1. The molecule has 0 saturated carbocycles. The number of nitrogens with two attached hydrogens (primary N) is 1. The fourth-order valence-electron chi connectivity index (χ4n) is 2.69.